The molecule has 0 saturated carbocycles. The normalized spacial score (nSPS) is 16.4. The highest BCUT2D eigenvalue weighted by Crippen LogP contribution is 2.31. The summed E-state index contributed by atoms with van der Waals surface area (Å²) in [5.74, 6) is 1.25. The van der Waals surface area contributed by atoms with Gasteiger partial charge in [-0.25, -0.2) is 8.42 Å². The van der Waals surface area contributed by atoms with Crippen LogP contribution in [-0.4, -0.2) is 36.0 Å². The third-order valence-electron chi connectivity index (χ3n) is 4.98. The molecule has 146 valence electrons. The lowest BCUT2D eigenvalue weighted by molar-refractivity contribution is 0.307. The molecule has 0 atom stereocenters. The Bertz CT molecular complexity index is 1070. The van der Waals surface area contributed by atoms with Gasteiger partial charge in [-0.15, -0.1) is 0 Å². The summed E-state index contributed by atoms with van der Waals surface area (Å²) < 4.78 is 33.5. The van der Waals surface area contributed by atoms with E-state index in [1.165, 1.54) is 4.31 Å². The predicted molar refractivity (Wildman–Crippen MR) is 109 cm³/mol. The van der Waals surface area contributed by atoms with Crippen molar-refractivity contribution in [2.24, 2.45) is 0 Å². The van der Waals surface area contributed by atoms with E-state index in [0.717, 1.165) is 15.6 Å². The molecular weight excluding hydrogens is 442 g/mol. The van der Waals surface area contributed by atoms with Crippen LogP contribution in [0.25, 0.3) is 11.5 Å². The Kier molecular flexibility index (Phi) is 5.35. The molecule has 2 heterocycles. The predicted octanol–water partition coefficient (Wildman–Crippen LogP) is 4.38. The van der Waals surface area contributed by atoms with E-state index in [0.29, 0.717) is 42.5 Å². The maximum atomic E-state index is 12.8. The van der Waals surface area contributed by atoms with Crippen LogP contribution < -0.4 is 0 Å². The number of aromatic nitrogens is 2. The summed E-state index contributed by atoms with van der Waals surface area (Å²) in [4.78, 5) is 4.86. The van der Waals surface area contributed by atoms with Crippen LogP contribution in [0.4, 0.5) is 0 Å². The fraction of sp³-hybridized carbons (Fsp3) is 0.300. The highest BCUT2D eigenvalue weighted by molar-refractivity contribution is 9.10. The van der Waals surface area contributed by atoms with Gasteiger partial charge in [0.1, 0.15) is 0 Å². The summed E-state index contributed by atoms with van der Waals surface area (Å²) in [6, 6.07) is 14.7. The van der Waals surface area contributed by atoms with E-state index in [1.807, 2.05) is 31.2 Å². The molecule has 1 saturated heterocycles. The molecule has 1 aromatic heterocycles. The van der Waals surface area contributed by atoms with Crippen LogP contribution >= 0.6 is 15.9 Å². The summed E-state index contributed by atoms with van der Waals surface area (Å²) in [6.07, 6.45) is 1.34. The summed E-state index contributed by atoms with van der Waals surface area (Å²) in [5, 5.41) is 4.14. The third-order valence-corrected chi connectivity index (χ3v) is 7.42. The van der Waals surface area contributed by atoms with Gasteiger partial charge in [0.05, 0.1) is 4.90 Å². The first-order valence-electron chi connectivity index (χ1n) is 9.10. The number of hydrogen-bond donors (Lipinski definition) is 0. The Morgan fingerprint density at radius 1 is 1.11 bits per heavy atom. The average molecular weight is 462 g/mol. The number of hydrogen-bond acceptors (Lipinski definition) is 5. The number of nitrogens with zero attached hydrogens (tertiary/aromatic N) is 3. The first kappa shape index (κ1) is 19.3. The average Bonchev–Trinajstić information content (AvgIpc) is 3.19. The van der Waals surface area contributed by atoms with Crippen LogP contribution in [0.2, 0.25) is 0 Å². The number of aryl methyl sites for hydroxylation is 1. The van der Waals surface area contributed by atoms with Crippen molar-refractivity contribution >= 4 is 26.0 Å². The lowest BCUT2D eigenvalue weighted by Gasteiger charge is -2.29. The second-order valence-electron chi connectivity index (χ2n) is 6.96. The van der Waals surface area contributed by atoms with E-state index in [-0.39, 0.29) is 5.92 Å². The summed E-state index contributed by atoms with van der Waals surface area (Å²) in [5.41, 5.74) is 2.03. The SMILES string of the molecule is Cc1cccc(-c2nc(C3CCN(S(=O)(=O)c4ccc(Br)cc4)CC3)no2)c1. The van der Waals surface area contributed by atoms with Gasteiger partial charge >= 0.3 is 0 Å². The molecule has 1 fully saturated rings. The molecule has 0 bridgehead atoms. The van der Waals surface area contributed by atoms with Gasteiger partial charge in [0, 0.05) is 29.0 Å². The number of sulfonamides is 1. The van der Waals surface area contributed by atoms with Gasteiger partial charge < -0.3 is 4.52 Å². The fourth-order valence-corrected chi connectivity index (χ4v) is 5.14. The molecule has 0 spiro atoms. The summed E-state index contributed by atoms with van der Waals surface area (Å²) in [7, 11) is -3.48. The number of benzene rings is 2. The van der Waals surface area contributed by atoms with E-state index in [4.69, 9.17) is 4.52 Å². The lowest BCUT2D eigenvalue weighted by Crippen LogP contribution is -2.38. The van der Waals surface area contributed by atoms with Crippen LogP contribution in [-0.2, 0) is 10.0 Å². The van der Waals surface area contributed by atoms with Crippen LogP contribution in [0.15, 0.2) is 62.4 Å². The van der Waals surface area contributed by atoms with Gasteiger partial charge in [-0.1, -0.05) is 38.8 Å². The molecule has 1 aliphatic rings. The number of piperidine rings is 1. The second kappa shape index (κ2) is 7.77. The van der Waals surface area contributed by atoms with Gasteiger partial charge in [0.2, 0.25) is 10.0 Å². The monoisotopic (exact) mass is 461 g/mol. The van der Waals surface area contributed by atoms with E-state index >= 15 is 0 Å². The summed E-state index contributed by atoms with van der Waals surface area (Å²) >= 11 is 3.33. The zero-order chi connectivity index (χ0) is 19.7. The first-order valence-corrected chi connectivity index (χ1v) is 11.3. The zero-order valence-electron chi connectivity index (χ0n) is 15.4. The van der Waals surface area contributed by atoms with Crippen molar-refractivity contribution in [3.8, 4) is 11.5 Å². The molecule has 6 nitrogen and oxygen atoms in total. The molecule has 2 aromatic carbocycles. The van der Waals surface area contributed by atoms with Crippen molar-refractivity contribution in [1.82, 2.24) is 14.4 Å². The highest BCUT2D eigenvalue weighted by atomic mass is 79.9. The van der Waals surface area contributed by atoms with Gasteiger partial charge in [0.15, 0.2) is 5.82 Å². The number of halogens is 1. The van der Waals surface area contributed by atoms with E-state index < -0.39 is 10.0 Å². The van der Waals surface area contributed by atoms with Crippen molar-refractivity contribution in [1.29, 1.82) is 0 Å². The smallest absolute Gasteiger partial charge is 0.257 e. The van der Waals surface area contributed by atoms with E-state index in [1.54, 1.807) is 24.3 Å². The van der Waals surface area contributed by atoms with Crippen molar-refractivity contribution in [3.63, 3.8) is 0 Å². The van der Waals surface area contributed by atoms with Crippen molar-refractivity contribution < 1.29 is 12.9 Å². The Balaban J connectivity index is 1.45. The third kappa shape index (κ3) is 3.90. The highest BCUT2D eigenvalue weighted by Gasteiger charge is 2.31. The minimum atomic E-state index is -3.48. The molecule has 3 aromatic rings. The van der Waals surface area contributed by atoms with Gasteiger partial charge in [-0.05, 0) is 56.2 Å². The quantitative estimate of drug-likeness (QED) is 0.576. The minimum Gasteiger partial charge on any atom is -0.334 e. The van der Waals surface area contributed by atoms with Crippen molar-refractivity contribution in [2.75, 3.05) is 13.1 Å². The molecule has 1 aliphatic heterocycles. The molecule has 0 amide bonds. The zero-order valence-corrected chi connectivity index (χ0v) is 17.8. The molecule has 4 rings (SSSR count). The molecule has 8 heteroatoms. The van der Waals surface area contributed by atoms with E-state index in [2.05, 4.69) is 26.1 Å². The Hall–Kier alpha value is -2.03. The molecule has 28 heavy (non-hydrogen) atoms. The van der Waals surface area contributed by atoms with Crippen molar-refractivity contribution in [2.45, 2.75) is 30.6 Å². The Morgan fingerprint density at radius 3 is 2.50 bits per heavy atom. The van der Waals surface area contributed by atoms with Crippen LogP contribution in [0.5, 0.6) is 0 Å². The van der Waals surface area contributed by atoms with Gasteiger partial charge in [0.25, 0.3) is 5.89 Å². The fourth-order valence-electron chi connectivity index (χ4n) is 3.41. The van der Waals surface area contributed by atoms with E-state index in [9.17, 15) is 8.42 Å². The van der Waals surface area contributed by atoms with Gasteiger partial charge in [-0.2, -0.15) is 9.29 Å². The maximum Gasteiger partial charge on any atom is 0.257 e. The second-order valence-corrected chi connectivity index (χ2v) is 9.81. The van der Waals surface area contributed by atoms with Gasteiger partial charge in [-0.3, -0.25) is 0 Å². The van der Waals surface area contributed by atoms with Crippen LogP contribution in [0.3, 0.4) is 0 Å². The molecule has 0 unspecified atom stereocenters. The summed E-state index contributed by atoms with van der Waals surface area (Å²) in [6.45, 7) is 2.90. The Labute approximate surface area is 172 Å². The Morgan fingerprint density at radius 2 is 1.82 bits per heavy atom. The minimum absolute atomic E-state index is 0.0960. The standard InChI is InChI=1S/C20H20BrN3O3S/c1-14-3-2-4-16(13-14)20-22-19(23-27-20)15-9-11-24(12-10-15)28(25,26)18-7-5-17(21)6-8-18/h2-8,13,15H,9-12H2,1H3. The molecule has 0 radical (unpaired) electrons. The number of rotatable bonds is 4. The van der Waals surface area contributed by atoms with Crippen molar-refractivity contribution in [3.05, 3.63) is 64.4 Å². The lowest BCUT2D eigenvalue weighted by atomic mass is 9.97. The maximum absolute atomic E-state index is 12.8. The molecule has 0 aliphatic carbocycles. The largest absolute Gasteiger partial charge is 0.334 e. The topological polar surface area (TPSA) is 76.3 Å². The molecular formula is C20H20BrN3O3S. The first-order chi connectivity index (χ1) is 13.4. The van der Waals surface area contributed by atoms with Crippen LogP contribution in [0, 0.1) is 6.92 Å². The molecule has 0 N–H and O–H groups in total. The van der Waals surface area contributed by atoms with Crippen LogP contribution in [0.1, 0.15) is 30.1 Å².